The fourth-order valence-corrected chi connectivity index (χ4v) is 3.91. The topological polar surface area (TPSA) is 52.6 Å². The van der Waals surface area contributed by atoms with Crippen LogP contribution in [0.5, 0.6) is 11.5 Å². The van der Waals surface area contributed by atoms with E-state index in [2.05, 4.69) is 31.2 Å². The third kappa shape index (κ3) is 7.84. The monoisotopic (exact) mass is 526 g/mol. The highest BCUT2D eigenvalue weighted by molar-refractivity contribution is 6.33. The van der Waals surface area contributed by atoms with Crippen LogP contribution in [0.3, 0.4) is 0 Å². The summed E-state index contributed by atoms with van der Waals surface area (Å²) >= 11 is 12.3. The van der Waals surface area contributed by atoms with Crippen molar-refractivity contribution in [3.63, 3.8) is 0 Å². The van der Waals surface area contributed by atoms with Gasteiger partial charge in [-0.1, -0.05) is 88.0 Å². The number of aryl methyl sites for hydroxylation is 1. The molecule has 4 nitrogen and oxygen atoms in total. The highest BCUT2D eigenvalue weighted by atomic mass is 35.5. The van der Waals surface area contributed by atoms with E-state index < -0.39 is 17.3 Å². The van der Waals surface area contributed by atoms with E-state index in [9.17, 15) is 9.59 Å². The number of rotatable bonds is 11. The van der Waals surface area contributed by atoms with Crippen LogP contribution in [0.25, 0.3) is 11.1 Å². The second-order valence-corrected chi connectivity index (χ2v) is 10.0. The van der Waals surface area contributed by atoms with E-state index in [1.165, 1.54) is 49.4 Å². The Morgan fingerprint density at radius 3 is 2.06 bits per heavy atom. The molecule has 0 heterocycles. The summed E-state index contributed by atoms with van der Waals surface area (Å²) in [4.78, 5) is 24.7. The van der Waals surface area contributed by atoms with Gasteiger partial charge in [0.05, 0.1) is 10.6 Å². The van der Waals surface area contributed by atoms with E-state index >= 15 is 0 Å². The van der Waals surface area contributed by atoms with Crippen molar-refractivity contribution in [2.45, 2.75) is 58.3 Å². The average molecular weight is 527 g/mol. The highest BCUT2D eigenvalue weighted by Crippen LogP contribution is 2.28. The molecular weight excluding hydrogens is 495 g/mol. The van der Waals surface area contributed by atoms with Gasteiger partial charge in [0, 0.05) is 0 Å². The molecular formula is C30H32Cl2O4. The lowest BCUT2D eigenvalue weighted by Crippen LogP contribution is -2.25. The summed E-state index contributed by atoms with van der Waals surface area (Å²) in [5.41, 5.74) is 3.74. The van der Waals surface area contributed by atoms with Crippen LogP contribution in [-0.2, 0) is 11.2 Å². The second kappa shape index (κ2) is 13.5. The van der Waals surface area contributed by atoms with E-state index in [0.29, 0.717) is 5.75 Å². The van der Waals surface area contributed by atoms with Gasteiger partial charge < -0.3 is 9.47 Å². The van der Waals surface area contributed by atoms with Crippen molar-refractivity contribution in [2.75, 3.05) is 0 Å². The average Bonchev–Trinajstić information content (AvgIpc) is 2.88. The van der Waals surface area contributed by atoms with Gasteiger partial charge >= 0.3 is 11.9 Å². The Morgan fingerprint density at radius 2 is 1.47 bits per heavy atom. The Hall–Kier alpha value is -2.82. The molecule has 1 atom stereocenters. The Kier molecular flexibility index (Phi) is 10.4. The van der Waals surface area contributed by atoms with Gasteiger partial charge in [0.25, 0.3) is 0 Å². The Bertz CT molecular complexity index is 1150. The zero-order chi connectivity index (χ0) is 26.1. The number of alkyl halides is 1. The predicted octanol–water partition coefficient (Wildman–Crippen LogP) is 8.52. The van der Waals surface area contributed by atoms with Gasteiger partial charge in [-0.3, -0.25) is 4.79 Å². The summed E-state index contributed by atoms with van der Waals surface area (Å²) in [7, 11) is 0. The molecule has 0 aliphatic rings. The van der Waals surface area contributed by atoms with Crippen LogP contribution >= 0.6 is 23.2 Å². The van der Waals surface area contributed by atoms with Gasteiger partial charge in [0.2, 0.25) is 0 Å². The van der Waals surface area contributed by atoms with E-state index in [0.717, 1.165) is 17.5 Å². The number of ether oxygens (including phenoxy) is 2. The van der Waals surface area contributed by atoms with Crippen molar-refractivity contribution in [2.24, 2.45) is 5.92 Å². The minimum Gasteiger partial charge on any atom is -0.424 e. The largest absolute Gasteiger partial charge is 0.424 e. The molecule has 0 amide bonds. The molecule has 0 aromatic heterocycles. The van der Waals surface area contributed by atoms with Crippen molar-refractivity contribution in [3.05, 3.63) is 82.9 Å². The van der Waals surface area contributed by atoms with Gasteiger partial charge in [0.1, 0.15) is 16.9 Å². The molecule has 0 saturated heterocycles. The van der Waals surface area contributed by atoms with E-state index in [1.54, 1.807) is 12.1 Å². The molecule has 190 valence electrons. The van der Waals surface area contributed by atoms with Crippen molar-refractivity contribution < 1.29 is 19.1 Å². The zero-order valence-electron chi connectivity index (χ0n) is 20.9. The molecule has 0 N–H and O–H groups in total. The summed E-state index contributed by atoms with van der Waals surface area (Å²) in [6.07, 6.45) is 6.13. The summed E-state index contributed by atoms with van der Waals surface area (Å²) in [5.74, 6) is -0.679. The van der Waals surface area contributed by atoms with Gasteiger partial charge in [-0.05, 0) is 65.8 Å². The van der Waals surface area contributed by atoms with Crippen LogP contribution in [0.4, 0.5) is 0 Å². The predicted molar refractivity (Wildman–Crippen MR) is 146 cm³/mol. The first-order chi connectivity index (χ1) is 17.3. The van der Waals surface area contributed by atoms with Crippen molar-refractivity contribution in [1.29, 1.82) is 0 Å². The lowest BCUT2D eigenvalue weighted by molar-refractivity contribution is -0.134. The Morgan fingerprint density at radius 1 is 0.833 bits per heavy atom. The number of esters is 2. The van der Waals surface area contributed by atoms with Crippen LogP contribution in [0.15, 0.2) is 66.7 Å². The summed E-state index contributed by atoms with van der Waals surface area (Å²) in [6, 6.07) is 20.3. The molecule has 3 rings (SSSR count). The van der Waals surface area contributed by atoms with Crippen molar-refractivity contribution >= 4 is 35.1 Å². The molecule has 0 aliphatic heterocycles. The number of hydrogen-bond donors (Lipinski definition) is 0. The minimum absolute atomic E-state index is 0.0849. The number of carbonyl (C=O) groups excluding carboxylic acids is 2. The first-order valence-electron chi connectivity index (χ1n) is 12.4. The first kappa shape index (κ1) is 27.8. The lowest BCUT2D eigenvalue weighted by Gasteiger charge is -2.13. The summed E-state index contributed by atoms with van der Waals surface area (Å²) < 4.78 is 10.8. The summed E-state index contributed by atoms with van der Waals surface area (Å²) in [5, 5.41) is -0.670. The molecule has 0 saturated carbocycles. The third-order valence-electron chi connectivity index (χ3n) is 5.86. The van der Waals surface area contributed by atoms with E-state index in [-0.39, 0.29) is 22.3 Å². The van der Waals surface area contributed by atoms with Crippen LogP contribution < -0.4 is 9.47 Å². The molecule has 0 bridgehead atoms. The number of carbonyl (C=O) groups is 2. The standard InChI is InChI=1S/C30H32Cl2O4/c1-4-5-6-7-8-21-9-11-22(12-10-21)23-13-16-25(17-14-23)35-29(33)24-15-18-27(26(31)19-24)36-30(34)28(32)20(2)3/h9-20,28H,4-8H2,1-3H3. The number of benzene rings is 3. The number of unbranched alkanes of at least 4 members (excludes halogenated alkanes) is 3. The van der Waals surface area contributed by atoms with Gasteiger partial charge in [-0.2, -0.15) is 0 Å². The van der Waals surface area contributed by atoms with Crippen molar-refractivity contribution in [3.8, 4) is 22.6 Å². The minimum atomic E-state index is -0.790. The maximum absolute atomic E-state index is 12.6. The number of halogens is 2. The molecule has 0 fully saturated rings. The van der Waals surface area contributed by atoms with Gasteiger partial charge in [-0.15, -0.1) is 11.6 Å². The maximum atomic E-state index is 12.6. The molecule has 1 unspecified atom stereocenters. The fraction of sp³-hybridized carbons (Fsp3) is 0.333. The molecule has 3 aromatic rings. The normalized spacial score (nSPS) is 11.8. The zero-order valence-corrected chi connectivity index (χ0v) is 22.4. The smallest absolute Gasteiger partial charge is 0.343 e. The van der Waals surface area contributed by atoms with Gasteiger partial charge in [0.15, 0.2) is 0 Å². The quantitative estimate of drug-likeness (QED) is 0.109. The van der Waals surface area contributed by atoms with E-state index in [4.69, 9.17) is 32.7 Å². The first-order valence-corrected chi connectivity index (χ1v) is 13.2. The molecule has 0 spiro atoms. The third-order valence-corrected chi connectivity index (χ3v) is 6.84. The molecule has 6 heteroatoms. The summed E-state index contributed by atoms with van der Waals surface area (Å²) in [6.45, 7) is 5.86. The van der Waals surface area contributed by atoms with Crippen LogP contribution in [0.2, 0.25) is 5.02 Å². The highest BCUT2D eigenvalue weighted by Gasteiger charge is 2.22. The molecule has 0 radical (unpaired) electrons. The van der Waals surface area contributed by atoms with E-state index in [1.807, 2.05) is 26.0 Å². The second-order valence-electron chi connectivity index (χ2n) is 9.13. The van der Waals surface area contributed by atoms with Crippen LogP contribution in [0, 0.1) is 5.92 Å². The van der Waals surface area contributed by atoms with Gasteiger partial charge in [-0.25, -0.2) is 4.79 Å². The molecule has 3 aromatic carbocycles. The van der Waals surface area contributed by atoms with Crippen molar-refractivity contribution in [1.82, 2.24) is 0 Å². The van der Waals surface area contributed by atoms with Crippen LogP contribution in [0.1, 0.15) is 62.4 Å². The Labute approximate surface area is 223 Å². The fourth-order valence-electron chi connectivity index (χ4n) is 3.65. The molecule has 36 heavy (non-hydrogen) atoms. The number of hydrogen-bond acceptors (Lipinski definition) is 4. The SMILES string of the molecule is CCCCCCc1ccc(-c2ccc(OC(=O)c3ccc(OC(=O)C(Cl)C(C)C)c(Cl)c3)cc2)cc1. The lowest BCUT2D eigenvalue weighted by atomic mass is 10.0. The Balaban J connectivity index is 1.59. The maximum Gasteiger partial charge on any atom is 0.343 e. The van der Waals surface area contributed by atoms with Crippen LogP contribution in [-0.4, -0.2) is 17.3 Å². The molecule has 0 aliphatic carbocycles.